The van der Waals surface area contributed by atoms with Gasteiger partial charge in [0.1, 0.15) is 11.6 Å². The number of anilines is 2. The van der Waals surface area contributed by atoms with Crippen LogP contribution in [0, 0.1) is 5.82 Å². The van der Waals surface area contributed by atoms with Crippen molar-refractivity contribution in [2.75, 3.05) is 17.8 Å². The Hall–Kier alpha value is -3.88. The van der Waals surface area contributed by atoms with Gasteiger partial charge < -0.3 is 20.5 Å². The SMILES string of the molecule is Cn1nc2nc(NCc3ccc4c(c3)OCO4)nc(-c3ccc(F)cc3)c2c1N. The van der Waals surface area contributed by atoms with Crippen molar-refractivity contribution in [2.24, 2.45) is 7.05 Å². The summed E-state index contributed by atoms with van der Waals surface area (Å²) in [6.45, 7) is 0.710. The molecule has 3 heterocycles. The zero-order chi connectivity index (χ0) is 20.0. The molecule has 8 nitrogen and oxygen atoms in total. The third kappa shape index (κ3) is 3.06. The summed E-state index contributed by atoms with van der Waals surface area (Å²) in [6.07, 6.45) is 0. The molecule has 2 aromatic carbocycles. The molecule has 0 aliphatic carbocycles. The quantitative estimate of drug-likeness (QED) is 0.550. The van der Waals surface area contributed by atoms with Crippen LogP contribution in [0.5, 0.6) is 11.5 Å². The van der Waals surface area contributed by atoms with Crippen molar-refractivity contribution >= 4 is 22.8 Å². The van der Waals surface area contributed by atoms with Crippen molar-refractivity contribution < 1.29 is 13.9 Å². The van der Waals surface area contributed by atoms with E-state index < -0.39 is 0 Å². The van der Waals surface area contributed by atoms with Gasteiger partial charge in [0.2, 0.25) is 12.7 Å². The highest BCUT2D eigenvalue weighted by Crippen LogP contribution is 2.33. The molecule has 0 fully saturated rings. The lowest BCUT2D eigenvalue weighted by Gasteiger charge is -2.09. The molecule has 0 atom stereocenters. The summed E-state index contributed by atoms with van der Waals surface area (Å²) >= 11 is 0. The van der Waals surface area contributed by atoms with Crippen molar-refractivity contribution in [1.29, 1.82) is 0 Å². The number of halogens is 1. The zero-order valence-electron chi connectivity index (χ0n) is 15.5. The first-order valence-electron chi connectivity index (χ1n) is 8.97. The second-order valence-electron chi connectivity index (χ2n) is 6.65. The van der Waals surface area contributed by atoms with E-state index in [2.05, 4.69) is 20.4 Å². The van der Waals surface area contributed by atoms with Gasteiger partial charge in [0, 0.05) is 19.2 Å². The number of nitrogens with one attached hydrogen (secondary N) is 1. The summed E-state index contributed by atoms with van der Waals surface area (Å²) in [6, 6.07) is 11.8. The first kappa shape index (κ1) is 17.2. The van der Waals surface area contributed by atoms with Crippen LogP contribution in [0.2, 0.25) is 0 Å². The highest BCUT2D eigenvalue weighted by atomic mass is 19.1. The fraction of sp³-hybridized carbons (Fsp3) is 0.150. The Labute approximate surface area is 165 Å². The molecule has 1 aliphatic rings. The van der Waals surface area contributed by atoms with Gasteiger partial charge >= 0.3 is 0 Å². The summed E-state index contributed by atoms with van der Waals surface area (Å²) in [4.78, 5) is 9.11. The van der Waals surface area contributed by atoms with E-state index in [0.29, 0.717) is 40.8 Å². The first-order chi connectivity index (χ1) is 14.1. The third-order valence-corrected chi connectivity index (χ3v) is 4.74. The lowest BCUT2D eigenvalue weighted by atomic mass is 10.1. The van der Waals surface area contributed by atoms with Gasteiger partial charge in [-0.3, -0.25) is 4.68 Å². The normalized spacial score (nSPS) is 12.5. The second kappa shape index (κ2) is 6.62. The van der Waals surface area contributed by atoms with Crippen LogP contribution < -0.4 is 20.5 Å². The Morgan fingerprint density at radius 3 is 2.72 bits per heavy atom. The first-order valence-corrected chi connectivity index (χ1v) is 8.97. The van der Waals surface area contributed by atoms with Gasteiger partial charge in [-0.1, -0.05) is 6.07 Å². The van der Waals surface area contributed by atoms with Gasteiger partial charge in [-0.15, -0.1) is 0 Å². The monoisotopic (exact) mass is 392 g/mol. The third-order valence-electron chi connectivity index (χ3n) is 4.74. The van der Waals surface area contributed by atoms with Crippen LogP contribution in [-0.2, 0) is 13.6 Å². The maximum absolute atomic E-state index is 13.4. The van der Waals surface area contributed by atoms with E-state index in [0.717, 1.165) is 16.9 Å². The molecule has 1 aliphatic heterocycles. The van der Waals surface area contributed by atoms with Gasteiger partial charge in [0.25, 0.3) is 0 Å². The van der Waals surface area contributed by atoms with E-state index >= 15 is 0 Å². The molecule has 0 unspecified atom stereocenters. The molecule has 0 bridgehead atoms. The summed E-state index contributed by atoms with van der Waals surface area (Å²) in [5.41, 5.74) is 8.94. The van der Waals surface area contributed by atoms with Gasteiger partial charge in [-0.25, -0.2) is 9.37 Å². The maximum atomic E-state index is 13.4. The molecule has 0 saturated heterocycles. The van der Waals surface area contributed by atoms with E-state index in [1.807, 2.05) is 18.2 Å². The minimum atomic E-state index is -0.320. The number of nitrogens with zero attached hydrogens (tertiary/aromatic N) is 4. The largest absolute Gasteiger partial charge is 0.454 e. The maximum Gasteiger partial charge on any atom is 0.231 e. The molecule has 0 radical (unpaired) electrons. The topological polar surface area (TPSA) is 100 Å². The molecule has 0 amide bonds. The standard InChI is InChI=1S/C20H17FN6O2/c1-27-18(22)16-17(12-3-5-13(21)6-4-12)24-20(25-19(16)26-27)23-9-11-2-7-14-15(8-11)29-10-28-14/h2-8H,9-10,22H2,1H3,(H,23,25,26). The Morgan fingerprint density at radius 1 is 1.10 bits per heavy atom. The minimum absolute atomic E-state index is 0.230. The van der Waals surface area contributed by atoms with E-state index in [-0.39, 0.29) is 12.6 Å². The number of benzene rings is 2. The Bertz CT molecular complexity index is 1220. The van der Waals surface area contributed by atoms with Crippen molar-refractivity contribution in [3.63, 3.8) is 0 Å². The molecular weight excluding hydrogens is 375 g/mol. The number of aromatic nitrogens is 4. The highest BCUT2D eigenvalue weighted by molar-refractivity contribution is 5.98. The van der Waals surface area contributed by atoms with Crippen molar-refractivity contribution in [1.82, 2.24) is 19.7 Å². The molecule has 9 heteroatoms. The van der Waals surface area contributed by atoms with Gasteiger partial charge in [-0.05, 0) is 42.0 Å². The van der Waals surface area contributed by atoms with Crippen LogP contribution in [0.4, 0.5) is 16.2 Å². The van der Waals surface area contributed by atoms with Gasteiger partial charge in [0.05, 0.1) is 11.1 Å². The molecular formula is C20H17FN6O2. The van der Waals surface area contributed by atoms with Crippen molar-refractivity contribution in [3.8, 4) is 22.8 Å². The molecule has 0 saturated carbocycles. The number of nitrogens with two attached hydrogens (primary N) is 1. The lowest BCUT2D eigenvalue weighted by Crippen LogP contribution is -2.05. The van der Waals surface area contributed by atoms with Crippen LogP contribution in [0.3, 0.4) is 0 Å². The van der Waals surface area contributed by atoms with Gasteiger partial charge in [-0.2, -0.15) is 10.1 Å². The summed E-state index contributed by atoms with van der Waals surface area (Å²) in [5.74, 6) is 1.97. The van der Waals surface area contributed by atoms with Crippen LogP contribution in [0.1, 0.15) is 5.56 Å². The summed E-state index contributed by atoms with van der Waals surface area (Å²) in [7, 11) is 1.74. The van der Waals surface area contributed by atoms with E-state index in [1.165, 1.54) is 12.1 Å². The number of fused-ring (bicyclic) bond motifs is 2. The highest BCUT2D eigenvalue weighted by Gasteiger charge is 2.18. The average Bonchev–Trinajstić information content (AvgIpc) is 3.30. The molecule has 0 spiro atoms. The number of rotatable bonds is 4. The van der Waals surface area contributed by atoms with E-state index in [1.54, 1.807) is 23.9 Å². The van der Waals surface area contributed by atoms with Crippen LogP contribution in [-0.4, -0.2) is 26.5 Å². The fourth-order valence-corrected chi connectivity index (χ4v) is 3.24. The second-order valence-corrected chi connectivity index (χ2v) is 6.65. The minimum Gasteiger partial charge on any atom is -0.454 e. The molecule has 2 aromatic heterocycles. The van der Waals surface area contributed by atoms with E-state index in [4.69, 9.17) is 15.2 Å². The van der Waals surface area contributed by atoms with Crippen molar-refractivity contribution in [2.45, 2.75) is 6.54 Å². The summed E-state index contributed by atoms with van der Waals surface area (Å²) in [5, 5.41) is 8.21. The number of hydrogen-bond donors (Lipinski definition) is 2. The Morgan fingerprint density at radius 2 is 1.90 bits per heavy atom. The van der Waals surface area contributed by atoms with Crippen LogP contribution >= 0.6 is 0 Å². The van der Waals surface area contributed by atoms with Crippen LogP contribution in [0.15, 0.2) is 42.5 Å². The zero-order valence-corrected chi connectivity index (χ0v) is 15.5. The van der Waals surface area contributed by atoms with E-state index in [9.17, 15) is 4.39 Å². The molecule has 3 N–H and O–H groups in total. The predicted molar refractivity (Wildman–Crippen MR) is 106 cm³/mol. The predicted octanol–water partition coefficient (Wildman–Crippen LogP) is 3.09. The lowest BCUT2D eigenvalue weighted by molar-refractivity contribution is 0.174. The fourth-order valence-electron chi connectivity index (χ4n) is 3.24. The van der Waals surface area contributed by atoms with Gasteiger partial charge in [0.15, 0.2) is 17.1 Å². The van der Waals surface area contributed by atoms with Crippen molar-refractivity contribution in [3.05, 3.63) is 53.8 Å². The summed E-state index contributed by atoms with van der Waals surface area (Å²) < 4.78 is 25.7. The molecule has 5 rings (SSSR count). The number of aryl methyl sites for hydroxylation is 1. The Balaban J connectivity index is 1.51. The number of ether oxygens (including phenoxy) is 2. The van der Waals surface area contributed by atoms with Crippen LogP contribution in [0.25, 0.3) is 22.3 Å². The number of nitrogen functional groups attached to an aromatic ring is 1. The molecule has 4 aromatic rings. The smallest absolute Gasteiger partial charge is 0.231 e. The molecule has 146 valence electrons. The molecule has 29 heavy (non-hydrogen) atoms. The average molecular weight is 392 g/mol. The number of hydrogen-bond acceptors (Lipinski definition) is 7. The Kier molecular flexibility index (Phi) is 3.94.